The lowest BCUT2D eigenvalue weighted by atomic mass is 9.93. The second-order valence-corrected chi connectivity index (χ2v) is 3.67. The highest BCUT2D eigenvalue weighted by molar-refractivity contribution is 5.99. The summed E-state index contributed by atoms with van der Waals surface area (Å²) in [6, 6.07) is 0. The fourth-order valence-corrected chi connectivity index (χ4v) is 1.43. The Labute approximate surface area is 78.2 Å². The Hall–Kier alpha value is -1.12. The average Bonchev–Trinajstić information content (AvgIpc) is 2.03. The van der Waals surface area contributed by atoms with E-state index < -0.39 is 0 Å². The van der Waals surface area contributed by atoms with Crippen LogP contribution < -0.4 is 5.32 Å². The fraction of sp³-hybridized carbons (Fsp3) is 0.600. The van der Waals surface area contributed by atoms with Gasteiger partial charge in [0.1, 0.15) is 0 Å². The molecule has 0 radical (unpaired) electrons. The normalized spacial score (nSPS) is 17.7. The van der Waals surface area contributed by atoms with Crippen LogP contribution in [0.5, 0.6) is 0 Å². The van der Waals surface area contributed by atoms with Crippen molar-refractivity contribution in [3.8, 4) is 0 Å². The number of nitrogens with one attached hydrogen (secondary N) is 1. The molecular weight excluding hydrogens is 166 g/mol. The molecule has 0 saturated heterocycles. The van der Waals surface area contributed by atoms with Crippen LogP contribution in [0.15, 0.2) is 11.3 Å². The van der Waals surface area contributed by atoms with Crippen molar-refractivity contribution in [3.05, 3.63) is 11.3 Å². The van der Waals surface area contributed by atoms with Crippen LogP contribution in [0.25, 0.3) is 0 Å². The van der Waals surface area contributed by atoms with Crippen molar-refractivity contribution in [3.63, 3.8) is 0 Å². The third-order valence-corrected chi connectivity index (χ3v) is 2.20. The summed E-state index contributed by atoms with van der Waals surface area (Å²) in [6.45, 7) is 5.53. The van der Waals surface area contributed by atoms with Crippen LogP contribution in [0.3, 0.4) is 0 Å². The van der Waals surface area contributed by atoms with Crippen LogP contribution in [0, 0.1) is 5.92 Å². The monoisotopic (exact) mass is 181 g/mol. The molecule has 1 heterocycles. The zero-order valence-electron chi connectivity index (χ0n) is 8.31. The van der Waals surface area contributed by atoms with Gasteiger partial charge in [0.15, 0.2) is 5.78 Å². The second-order valence-electron chi connectivity index (χ2n) is 3.67. The van der Waals surface area contributed by atoms with Crippen LogP contribution in [0.1, 0.15) is 33.6 Å². The Morgan fingerprint density at radius 2 is 2.00 bits per heavy atom. The summed E-state index contributed by atoms with van der Waals surface area (Å²) >= 11 is 0. The zero-order valence-corrected chi connectivity index (χ0v) is 8.31. The Balaban J connectivity index is 2.85. The van der Waals surface area contributed by atoms with Gasteiger partial charge in [-0.2, -0.15) is 0 Å². The SMILES string of the molecule is CC1=C(C(=O)C(C)C)CCC(=O)N1. The molecule has 0 aromatic carbocycles. The molecule has 0 unspecified atom stereocenters. The Kier molecular flexibility index (Phi) is 2.86. The van der Waals surface area contributed by atoms with Gasteiger partial charge in [-0.1, -0.05) is 13.8 Å². The summed E-state index contributed by atoms with van der Waals surface area (Å²) in [5.74, 6) is 0.176. The van der Waals surface area contributed by atoms with E-state index in [1.165, 1.54) is 0 Å². The molecule has 0 spiro atoms. The number of allylic oxidation sites excluding steroid dienone is 2. The molecule has 3 heteroatoms. The third kappa shape index (κ3) is 2.17. The minimum atomic E-state index is 0.0119. The first-order valence-electron chi connectivity index (χ1n) is 4.56. The maximum Gasteiger partial charge on any atom is 0.224 e. The van der Waals surface area contributed by atoms with Gasteiger partial charge in [-0.05, 0) is 13.3 Å². The number of amides is 1. The lowest BCUT2D eigenvalue weighted by molar-refractivity contribution is -0.121. The minimum absolute atomic E-state index is 0.0119. The third-order valence-electron chi connectivity index (χ3n) is 2.20. The molecule has 1 amide bonds. The molecule has 0 fully saturated rings. The van der Waals surface area contributed by atoms with E-state index in [-0.39, 0.29) is 17.6 Å². The summed E-state index contributed by atoms with van der Waals surface area (Å²) in [7, 11) is 0. The van der Waals surface area contributed by atoms with E-state index in [0.29, 0.717) is 12.8 Å². The second kappa shape index (κ2) is 3.73. The summed E-state index contributed by atoms with van der Waals surface area (Å²) in [6.07, 6.45) is 1.03. The predicted octanol–water partition coefficient (Wildman–Crippen LogP) is 1.40. The van der Waals surface area contributed by atoms with Crippen molar-refractivity contribution in [2.75, 3.05) is 0 Å². The lowest BCUT2D eigenvalue weighted by Crippen LogP contribution is -2.30. The van der Waals surface area contributed by atoms with Gasteiger partial charge in [-0.25, -0.2) is 0 Å². The molecule has 1 aliphatic rings. The van der Waals surface area contributed by atoms with Crippen molar-refractivity contribution in [2.45, 2.75) is 33.6 Å². The standard InChI is InChI=1S/C10H15NO2/c1-6(2)10(13)8-4-5-9(12)11-7(8)3/h6H,4-5H2,1-3H3,(H,11,12). The quantitative estimate of drug-likeness (QED) is 0.699. The molecule has 13 heavy (non-hydrogen) atoms. The Bertz CT molecular complexity index is 277. The fourth-order valence-electron chi connectivity index (χ4n) is 1.43. The van der Waals surface area contributed by atoms with Gasteiger partial charge in [0.05, 0.1) is 0 Å². The largest absolute Gasteiger partial charge is 0.330 e. The maximum atomic E-state index is 11.6. The van der Waals surface area contributed by atoms with Crippen molar-refractivity contribution in [1.29, 1.82) is 0 Å². The van der Waals surface area contributed by atoms with Gasteiger partial charge in [0, 0.05) is 23.6 Å². The summed E-state index contributed by atoms with van der Waals surface area (Å²) in [5, 5.41) is 2.68. The van der Waals surface area contributed by atoms with Crippen molar-refractivity contribution in [1.82, 2.24) is 5.32 Å². The minimum Gasteiger partial charge on any atom is -0.330 e. The highest BCUT2D eigenvalue weighted by atomic mass is 16.2. The molecule has 1 rings (SSSR count). The van der Waals surface area contributed by atoms with E-state index in [4.69, 9.17) is 0 Å². The van der Waals surface area contributed by atoms with Crippen molar-refractivity contribution in [2.24, 2.45) is 5.92 Å². The van der Waals surface area contributed by atoms with Crippen LogP contribution >= 0.6 is 0 Å². The summed E-state index contributed by atoms with van der Waals surface area (Å²) < 4.78 is 0. The smallest absolute Gasteiger partial charge is 0.224 e. The number of rotatable bonds is 2. The molecule has 0 aromatic rings. The highest BCUT2D eigenvalue weighted by Gasteiger charge is 2.21. The van der Waals surface area contributed by atoms with Crippen molar-refractivity contribution >= 4 is 11.7 Å². The Morgan fingerprint density at radius 3 is 2.46 bits per heavy atom. The van der Waals surface area contributed by atoms with Crippen LogP contribution in [-0.2, 0) is 9.59 Å². The number of Topliss-reactive ketones (excluding diaryl/α,β-unsaturated/α-hetero) is 1. The zero-order chi connectivity index (χ0) is 10.0. The van der Waals surface area contributed by atoms with E-state index in [1.54, 1.807) is 6.92 Å². The lowest BCUT2D eigenvalue weighted by Gasteiger charge is -2.18. The van der Waals surface area contributed by atoms with E-state index in [1.807, 2.05) is 13.8 Å². The topological polar surface area (TPSA) is 46.2 Å². The van der Waals surface area contributed by atoms with Gasteiger partial charge < -0.3 is 5.32 Å². The number of carbonyl (C=O) groups is 2. The number of carbonyl (C=O) groups excluding carboxylic acids is 2. The number of hydrogen-bond donors (Lipinski definition) is 1. The van der Waals surface area contributed by atoms with Gasteiger partial charge in [-0.3, -0.25) is 9.59 Å². The molecule has 0 saturated carbocycles. The first-order chi connectivity index (χ1) is 6.02. The van der Waals surface area contributed by atoms with Gasteiger partial charge in [-0.15, -0.1) is 0 Å². The molecule has 1 aliphatic heterocycles. The number of ketones is 1. The first kappa shape index (κ1) is 9.96. The van der Waals surface area contributed by atoms with Gasteiger partial charge >= 0.3 is 0 Å². The maximum absolute atomic E-state index is 11.6. The highest BCUT2D eigenvalue weighted by Crippen LogP contribution is 2.19. The van der Waals surface area contributed by atoms with E-state index in [0.717, 1.165) is 11.3 Å². The molecule has 0 atom stereocenters. The van der Waals surface area contributed by atoms with Crippen LogP contribution in [0.4, 0.5) is 0 Å². The Morgan fingerprint density at radius 1 is 1.38 bits per heavy atom. The number of hydrogen-bond acceptors (Lipinski definition) is 2. The van der Waals surface area contributed by atoms with Gasteiger partial charge in [0.25, 0.3) is 0 Å². The van der Waals surface area contributed by atoms with Crippen LogP contribution in [0.2, 0.25) is 0 Å². The molecular formula is C10H15NO2. The first-order valence-corrected chi connectivity index (χ1v) is 4.56. The van der Waals surface area contributed by atoms with Gasteiger partial charge in [0.2, 0.25) is 5.91 Å². The molecule has 0 bridgehead atoms. The average molecular weight is 181 g/mol. The molecule has 0 aliphatic carbocycles. The summed E-state index contributed by atoms with van der Waals surface area (Å²) in [5.41, 5.74) is 1.52. The predicted molar refractivity (Wildman–Crippen MR) is 49.9 cm³/mol. The van der Waals surface area contributed by atoms with Crippen LogP contribution in [-0.4, -0.2) is 11.7 Å². The summed E-state index contributed by atoms with van der Waals surface area (Å²) in [4.78, 5) is 22.6. The van der Waals surface area contributed by atoms with E-state index >= 15 is 0 Å². The molecule has 3 nitrogen and oxygen atoms in total. The molecule has 1 N–H and O–H groups in total. The molecule has 0 aromatic heterocycles. The van der Waals surface area contributed by atoms with E-state index in [2.05, 4.69) is 5.32 Å². The van der Waals surface area contributed by atoms with Crippen molar-refractivity contribution < 1.29 is 9.59 Å². The molecule has 72 valence electrons. The van der Waals surface area contributed by atoms with E-state index in [9.17, 15) is 9.59 Å².